The van der Waals surface area contributed by atoms with Crippen LogP contribution in [0, 0.1) is 0 Å². The molecular weight excluding hydrogens is 405 g/mol. The van der Waals surface area contributed by atoms with Crippen molar-refractivity contribution >= 4 is 5.65 Å². The van der Waals surface area contributed by atoms with Gasteiger partial charge in [-0.05, 0) is 69.8 Å². The first-order valence-electron chi connectivity index (χ1n) is 10.6. The summed E-state index contributed by atoms with van der Waals surface area (Å²) in [5.41, 5.74) is 2.15. The van der Waals surface area contributed by atoms with Crippen molar-refractivity contribution in [2.24, 2.45) is 0 Å². The lowest BCUT2D eigenvalue weighted by Crippen LogP contribution is -2.28. The van der Waals surface area contributed by atoms with Crippen molar-refractivity contribution in [1.29, 1.82) is 0 Å². The summed E-state index contributed by atoms with van der Waals surface area (Å²) in [5.74, 6) is 0.752. The topological polar surface area (TPSA) is 41.8 Å². The van der Waals surface area contributed by atoms with Crippen LogP contribution in [0.25, 0.3) is 16.9 Å². The van der Waals surface area contributed by atoms with Gasteiger partial charge in [-0.3, -0.25) is 4.90 Å². The molecule has 0 saturated carbocycles. The molecule has 3 aromatic rings. The lowest BCUT2D eigenvalue weighted by atomic mass is 10.1. The highest BCUT2D eigenvalue weighted by molar-refractivity contribution is 5.67. The molecule has 8 heteroatoms. The summed E-state index contributed by atoms with van der Waals surface area (Å²) in [5, 5.41) is 3.36. The highest BCUT2D eigenvalue weighted by atomic mass is 19.4. The van der Waals surface area contributed by atoms with Crippen molar-refractivity contribution in [3.63, 3.8) is 0 Å². The number of alkyl halides is 3. The van der Waals surface area contributed by atoms with Crippen LogP contribution in [0.1, 0.15) is 31.5 Å². The molecule has 1 N–H and O–H groups in total. The molecule has 3 heterocycles. The van der Waals surface area contributed by atoms with E-state index in [1.54, 1.807) is 4.40 Å². The number of nitrogens with zero attached hydrogens (tertiary/aromatic N) is 3. The third kappa shape index (κ3) is 5.02. The minimum absolute atomic E-state index is 0.0639. The lowest BCUT2D eigenvalue weighted by Gasteiger charge is -2.20. The molecule has 31 heavy (non-hydrogen) atoms. The van der Waals surface area contributed by atoms with Crippen LogP contribution in [0.5, 0.6) is 5.75 Å². The molecule has 5 nitrogen and oxygen atoms in total. The standard InChI is InChI=1S/C23H27F3N4O/c1-16(2)31-19-7-4-17(5-8-19)22-20(15-29-12-3-10-27-11-13-29)30-14-18(23(24,25)26)6-9-21(30)28-22/h4-9,14,16,27H,3,10-13,15H2,1-2H3. The number of halogens is 3. The van der Waals surface area contributed by atoms with E-state index in [2.05, 4.69) is 10.2 Å². The quantitative estimate of drug-likeness (QED) is 0.640. The van der Waals surface area contributed by atoms with E-state index in [1.807, 2.05) is 38.1 Å². The Morgan fingerprint density at radius 2 is 1.84 bits per heavy atom. The van der Waals surface area contributed by atoms with Gasteiger partial charge in [0.15, 0.2) is 0 Å². The summed E-state index contributed by atoms with van der Waals surface area (Å²) >= 11 is 0. The number of aromatic nitrogens is 2. The Morgan fingerprint density at radius 1 is 1.06 bits per heavy atom. The number of pyridine rings is 1. The highest BCUT2D eigenvalue weighted by Gasteiger charge is 2.31. The minimum atomic E-state index is -4.40. The first kappa shape index (κ1) is 21.6. The van der Waals surface area contributed by atoms with Gasteiger partial charge in [-0.2, -0.15) is 13.2 Å². The third-order valence-corrected chi connectivity index (χ3v) is 5.35. The van der Waals surface area contributed by atoms with Gasteiger partial charge in [-0.15, -0.1) is 0 Å². The van der Waals surface area contributed by atoms with E-state index in [1.165, 1.54) is 6.07 Å². The van der Waals surface area contributed by atoms with Gasteiger partial charge in [0.05, 0.1) is 23.1 Å². The second-order valence-electron chi connectivity index (χ2n) is 8.12. The molecule has 1 aromatic carbocycles. The molecule has 166 valence electrons. The first-order chi connectivity index (χ1) is 14.8. The molecule has 1 aliphatic rings. The summed E-state index contributed by atoms with van der Waals surface area (Å²) < 4.78 is 47.4. The molecule has 0 radical (unpaired) electrons. The Bertz CT molecular complexity index is 1020. The van der Waals surface area contributed by atoms with Gasteiger partial charge in [-0.25, -0.2) is 4.98 Å². The molecule has 0 bridgehead atoms. The maximum absolute atomic E-state index is 13.4. The van der Waals surface area contributed by atoms with E-state index in [0.29, 0.717) is 17.9 Å². The number of fused-ring (bicyclic) bond motifs is 1. The summed E-state index contributed by atoms with van der Waals surface area (Å²) in [4.78, 5) is 6.97. The van der Waals surface area contributed by atoms with Crippen LogP contribution in [0.2, 0.25) is 0 Å². The van der Waals surface area contributed by atoms with Gasteiger partial charge in [0.25, 0.3) is 0 Å². The number of rotatable bonds is 5. The number of benzene rings is 1. The Balaban J connectivity index is 1.77. The van der Waals surface area contributed by atoms with Gasteiger partial charge in [0.2, 0.25) is 0 Å². The lowest BCUT2D eigenvalue weighted by molar-refractivity contribution is -0.137. The van der Waals surface area contributed by atoms with E-state index in [4.69, 9.17) is 9.72 Å². The van der Waals surface area contributed by atoms with Crippen LogP contribution in [0.15, 0.2) is 42.6 Å². The third-order valence-electron chi connectivity index (χ3n) is 5.35. The molecule has 1 aliphatic heterocycles. The van der Waals surface area contributed by atoms with Crippen molar-refractivity contribution < 1.29 is 17.9 Å². The summed E-state index contributed by atoms with van der Waals surface area (Å²) in [6, 6.07) is 10.1. The average molecular weight is 432 g/mol. The molecule has 1 saturated heterocycles. The Labute approximate surface area is 179 Å². The highest BCUT2D eigenvalue weighted by Crippen LogP contribution is 2.32. The number of ether oxygens (including phenoxy) is 1. The molecule has 1 fully saturated rings. The molecule has 0 spiro atoms. The smallest absolute Gasteiger partial charge is 0.417 e. The van der Waals surface area contributed by atoms with E-state index in [-0.39, 0.29) is 6.10 Å². The Kier molecular flexibility index (Phi) is 6.20. The van der Waals surface area contributed by atoms with Gasteiger partial charge in [-0.1, -0.05) is 0 Å². The molecular formula is C23H27F3N4O. The van der Waals surface area contributed by atoms with Gasteiger partial charge in [0.1, 0.15) is 11.4 Å². The van der Waals surface area contributed by atoms with E-state index >= 15 is 0 Å². The van der Waals surface area contributed by atoms with Crippen LogP contribution in [-0.4, -0.2) is 46.6 Å². The molecule has 0 unspecified atom stereocenters. The predicted octanol–water partition coefficient (Wildman–Crippen LogP) is 4.60. The number of hydrogen-bond donors (Lipinski definition) is 1. The monoisotopic (exact) mass is 432 g/mol. The largest absolute Gasteiger partial charge is 0.491 e. The van der Waals surface area contributed by atoms with Crippen LogP contribution >= 0.6 is 0 Å². The van der Waals surface area contributed by atoms with E-state index in [9.17, 15) is 13.2 Å². The first-order valence-corrected chi connectivity index (χ1v) is 10.6. The zero-order valence-electron chi connectivity index (χ0n) is 17.7. The van der Waals surface area contributed by atoms with Crippen molar-refractivity contribution in [2.75, 3.05) is 26.2 Å². The SMILES string of the molecule is CC(C)Oc1ccc(-c2nc3ccc(C(F)(F)F)cn3c2CN2CCCNCC2)cc1. The van der Waals surface area contributed by atoms with Crippen molar-refractivity contribution in [3.8, 4) is 17.0 Å². The van der Waals surface area contributed by atoms with Gasteiger partial charge >= 0.3 is 6.18 Å². The number of hydrogen-bond acceptors (Lipinski definition) is 4. The Morgan fingerprint density at radius 3 is 2.55 bits per heavy atom. The fourth-order valence-corrected chi connectivity index (χ4v) is 3.88. The number of imidazole rings is 1. The van der Waals surface area contributed by atoms with Crippen LogP contribution in [0.3, 0.4) is 0 Å². The van der Waals surface area contributed by atoms with Crippen LogP contribution in [0.4, 0.5) is 13.2 Å². The minimum Gasteiger partial charge on any atom is -0.491 e. The molecule has 4 rings (SSSR count). The molecule has 0 atom stereocenters. The molecule has 2 aromatic heterocycles. The second kappa shape index (κ2) is 8.88. The van der Waals surface area contributed by atoms with Crippen LogP contribution in [-0.2, 0) is 12.7 Å². The van der Waals surface area contributed by atoms with Crippen LogP contribution < -0.4 is 10.1 Å². The normalized spacial score (nSPS) is 16.1. The fraction of sp³-hybridized carbons (Fsp3) is 0.435. The van der Waals surface area contributed by atoms with Gasteiger partial charge < -0.3 is 14.5 Å². The van der Waals surface area contributed by atoms with Crippen molar-refractivity contribution in [1.82, 2.24) is 19.6 Å². The maximum Gasteiger partial charge on any atom is 0.417 e. The fourth-order valence-electron chi connectivity index (χ4n) is 3.88. The zero-order chi connectivity index (χ0) is 22.0. The summed E-state index contributed by atoms with van der Waals surface area (Å²) in [6.45, 7) is 7.99. The average Bonchev–Trinajstić information content (AvgIpc) is 2.88. The zero-order valence-corrected chi connectivity index (χ0v) is 17.7. The van der Waals surface area contributed by atoms with Crippen molar-refractivity contribution in [3.05, 3.63) is 53.9 Å². The molecule has 0 amide bonds. The van der Waals surface area contributed by atoms with E-state index in [0.717, 1.165) is 61.9 Å². The van der Waals surface area contributed by atoms with Crippen molar-refractivity contribution in [2.45, 2.75) is 39.1 Å². The maximum atomic E-state index is 13.4. The van der Waals surface area contributed by atoms with Gasteiger partial charge in [0, 0.05) is 31.4 Å². The Hall–Kier alpha value is -2.58. The summed E-state index contributed by atoms with van der Waals surface area (Å²) in [7, 11) is 0. The summed E-state index contributed by atoms with van der Waals surface area (Å²) in [6.07, 6.45) is -2.18. The predicted molar refractivity (Wildman–Crippen MR) is 114 cm³/mol. The second-order valence-corrected chi connectivity index (χ2v) is 8.12. The number of nitrogens with one attached hydrogen (secondary N) is 1. The van der Waals surface area contributed by atoms with E-state index < -0.39 is 11.7 Å². The molecule has 0 aliphatic carbocycles.